The SMILES string of the molecule is CCOC(=O)N1CCN(C(=O)[C@H](CCC(=O)O)NC(=O)c2cc(-c3ccc[n+]([O-])c3)nc(-c3ccccc3)n2)CC1. The van der Waals surface area contributed by atoms with Crippen molar-refractivity contribution >= 4 is 23.9 Å². The van der Waals surface area contributed by atoms with Crippen LogP contribution in [0.5, 0.6) is 0 Å². The number of carboxylic acid groups (broad SMARTS) is 1. The molecule has 3 heterocycles. The van der Waals surface area contributed by atoms with E-state index in [1.807, 2.05) is 6.07 Å². The molecule has 0 unspecified atom stereocenters. The van der Waals surface area contributed by atoms with E-state index < -0.39 is 29.9 Å². The highest BCUT2D eigenvalue weighted by atomic mass is 16.6. The number of carbonyl (C=O) groups is 4. The quantitative estimate of drug-likeness (QED) is 0.291. The van der Waals surface area contributed by atoms with E-state index in [0.717, 1.165) is 0 Å². The molecule has 0 radical (unpaired) electrons. The Labute approximate surface area is 236 Å². The molecule has 1 saturated heterocycles. The number of aliphatic carboxylic acids is 1. The molecule has 1 aliphatic rings. The zero-order valence-electron chi connectivity index (χ0n) is 22.4. The molecule has 1 aliphatic heterocycles. The Balaban J connectivity index is 1.59. The highest BCUT2D eigenvalue weighted by Gasteiger charge is 2.31. The summed E-state index contributed by atoms with van der Waals surface area (Å²) >= 11 is 0. The lowest BCUT2D eigenvalue weighted by Crippen LogP contribution is -2.56. The topological polar surface area (TPSA) is 169 Å². The minimum atomic E-state index is -1.15. The zero-order chi connectivity index (χ0) is 29.4. The molecule has 214 valence electrons. The first-order chi connectivity index (χ1) is 19.7. The number of rotatable bonds is 9. The number of nitrogens with one attached hydrogen (secondary N) is 1. The lowest BCUT2D eigenvalue weighted by Gasteiger charge is -2.35. The third-order valence-electron chi connectivity index (χ3n) is 6.43. The van der Waals surface area contributed by atoms with Gasteiger partial charge >= 0.3 is 12.1 Å². The average molecular weight is 563 g/mol. The lowest BCUT2D eigenvalue weighted by atomic mass is 10.1. The smallest absolute Gasteiger partial charge is 0.409 e. The number of amides is 3. The van der Waals surface area contributed by atoms with E-state index in [-0.39, 0.29) is 57.1 Å². The Morgan fingerprint density at radius 3 is 2.37 bits per heavy atom. The Bertz CT molecular complexity index is 1410. The van der Waals surface area contributed by atoms with Gasteiger partial charge in [-0.05, 0) is 25.5 Å². The van der Waals surface area contributed by atoms with Crippen LogP contribution in [0, 0.1) is 5.21 Å². The van der Waals surface area contributed by atoms with Gasteiger partial charge in [0.1, 0.15) is 11.7 Å². The standard InChI is InChI=1S/C28H30N6O7/c1-2-41-28(39)33-15-13-32(14-16-33)27(38)21(10-11-24(35)36)31-26(37)23-17-22(20-9-6-12-34(40)18-20)29-25(30-23)19-7-4-3-5-8-19/h3-9,12,17-18,21H,2,10-11,13-16H2,1H3,(H,31,37)(H,35,36)/t21-/m0/s1. The second-order valence-corrected chi connectivity index (χ2v) is 9.25. The van der Waals surface area contributed by atoms with Crippen LogP contribution in [-0.4, -0.2) is 87.6 Å². The van der Waals surface area contributed by atoms with Crippen LogP contribution in [-0.2, 0) is 14.3 Å². The van der Waals surface area contributed by atoms with Crippen molar-refractivity contribution in [1.82, 2.24) is 25.1 Å². The van der Waals surface area contributed by atoms with E-state index >= 15 is 0 Å². The maximum absolute atomic E-state index is 13.5. The van der Waals surface area contributed by atoms with Gasteiger partial charge in [0.2, 0.25) is 5.91 Å². The first-order valence-electron chi connectivity index (χ1n) is 13.1. The predicted molar refractivity (Wildman–Crippen MR) is 145 cm³/mol. The third-order valence-corrected chi connectivity index (χ3v) is 6.43. The second kappa shape index (κ2) is 13.3. The van der Waals surface area contributed by atoms with Crippen LogP contribution in [0.3, 0.4) is 0 Å². The van der Waals surface area contributed by atoms with Crippen LogP contribution in [0.2, 0.25) is 0 Å². The van der Waals surface area contributed by atoms with Crippen LogP contribution in [0.15, 0.2) is 60.9 Å². The van der Waals surface area contributed by atoms with Crippen molar-refractivity contribution in [1.29, 1.82) is 0 Å². The van der Waals surface area contributed by atoms with Gasteiger partial charge in [-0.15, -0.1) is 0 Å². The van der Waals surface area contributed by atoms with Crippen molar-refractivity contribution in [3.63, 3.8) is 0 Å². The van der Waals surface area contributed by atoms with Crippen molar-refractivity contribution in [3.8, 4) is 22.6 Å². The number of carbonyl (C=O) groups excluding carboxylic acids is 3. The fraction of sp³-hybridized carbons (Fsp3) is 0.321. The summed E-state index contributed by atoms with van der Waals surface area (Å²) in [7, 11) is 0. The lowest BCUT2D eigenvalue weighted by molar-refractivity contribution is -0.604. The van der Waals surface area contributed by atoms with Crippen molar-refractivity contribution < 1.29 is 33.8 Å². The van der Waals surface area contributed by atoms with Gasteiger partial charge < -0.3 is 30.2 Å². The molecular formula is C28H30N6O7. The molecule has 0 spiro atoms. The van der Waals surface area contributed by atoms with Gasteiger partial charge in [0.05, 0.1) is 17.9 Å². The fourth-order valence-electron chi connectivity index (χ4n) is 4.34. The van der Waals surface area contributed by atoms with Crippen molar-refractivity contribution in [2.45, 2.75) is 25.8 Å². The minimum Gasteiger partial charge on any atom is -0.619 e. The molecule has 1 fully saturated rings. The van der Waals surface area contributed by atoms with Crippen LogP contribution in [0.25, 0.3) is 22.6 Å². The molecule has 1 atom stereocenters. The largest absolute Gasteiger partial charge is 0.619 e. The van der Waals surface area contributed by atoms with E-state index in [2.05, 4.69) is 15.3 Å². The van der Waals surface area contributed by atoms with E-state index in [9.17, 15) is 29.5 Å². The summed E-state index contributed by atoms with van der Waals surface area (Å²) in [4.78, 5) is 62.1. The maximum Gasteiger partial charge on any atom is 0.409 e. The summed E-state index contributed by atoms with van der Waals surface area (Å²) in [6.45, 7) is 2.84. The number of aromatic nitrogens is 3. The molecule has 1 aromatic carbocycles. The monoisotopic (exact) mass is 562 g/mol. The van der Waals surface area contributed by atoms with E-state index in [1.54, 1.807) is 43.3 Å². The number of benzene rings is 1. The van der Waals surface area contributed by atoms with Crippen molar-refractivity contribution in [3.05, 3.63) is 71.8 Å². The van der Waals surface area contributed by atoms with Crippen molar-refractivity contribution in [2.24, 2.45) is 0 Å². The summed E-state index contributed by atoms with van der Waals surface area (Å²) in [5.74, 6) is -2.05. The fourth-order valence-corrected chi connectivity index (χ4v) is 4.34. The number of pyridine rings is 1. The van der Waals surface area contributed by atoms with Gasteiger partial charge in [0, 0.05) is 44.2 Å². The Morgan fingerprint density at radius 2 is 1.71 bits per heavy atom. The molecule has 4 rings (SSSR count). The Hall–Kier alpha value is -5.07. The summed E-state index contributed by atoms with van der Waals surface area (Å²) in [6, 6.07) is 12.4. The molecule has 2 aromatic heterocycles. The summed E-state index contributed by atoms with van der Waals surface area (Å²) in [5.41, 5.74) is 1.34. The van der Waals surface area contributed by atoms with Crippen LogP contribution in [0.1, 0.15) is 30.3 Å². The molecule has 13 heteroatoms. The van der Waals surface area contributed by atoms with Gasteiger partial charge in [-0.1, -0.05) is 30.3 Å². The van der Waals surface area contributed by atoms with Crippen LogP contribution < -0.4 is 10.0 Å². The van der Waals surface area contributed by atoms with E-state index in [0.29, 0.717) is 21.6 Å². The maximum atomic E-state index is 13.5. The average Bonchev–Trinajstić information content (AvgIpc) is 2.99. The highest BCUT2D eigenvalue weighted by Crippen LogP contribution is 2.22. The number of ether oxygens (including phenoxy) is 1. The Morgan fingerprint density at radius 1 is 1.02 bits per heavy atom. The minimum absolute atomic E-state index is 0.0598. The zero-order valence-corrected chi connectivity index (χ0v) is 22.4. The summed E-state index contributed by atoms with van der Waals surface area (Å²) in [6.07, 6.45) is 1.67. The number of hydrogen-bond acceptors (Lipinski definition) is 8. The molecule has 41 heavy (non-hydrogen) atoms. The number of nitrogens with zero attached hydrogens (tertiary/aromatic N) is 5. The summed E-state index contributed by atoms with van der Waals surface area (Å²) in [5, 5.41) is 23.8. The third kappa shape index (κ3) is 7.53. The second-order valence-electron chi connectivity index (χ2n) is 9.25. The first kappa shape index (κ1) is 28.9. The van der Waals surface area contributed by atoms with Gasteiger partial charge in [-0.25, -0.2) is 14.8 Å². The number of piperazine rings is 1. The van der Waals surface area contributed by atoms with E-state index in [1.165, 1.54) is 28.3 Å². The molecule has 0 aliphatic carbocycles. The molecule has 3 amide bonds. The molecule has 2 N–H and O–H groups in total. The van der Waals surface area contributed by atoms with Gasteiger partial charge in [-0.2, -0.15) is 4.73 Å². The van der Waals surface area contributed by atoms with Gasteiger partial charge in [-0.3, -0.25) is 14.4 Å². The molecule has 0 bridgehead atoms. The van der Waals surface area contributed by atoms with Gasteiger partial charge in [0.15, 0.2) is 18.2 Å². The molecular weight excluding hydrogens is 532 g/mol. The molecule has 3 aromatic rings. The first-order valence-corrected chi connectivity index (χ1v) is 13.1. The predicted octanol–water partition coefficient (Wildman–Crippen LogP) is 1.71. The van der Waals surface area contributed by atoms with Crippen LogP contribution >= 0.6 is 0 Å². The summed E-state index contributed by atoms with van der Waals surface area (Å²) < 4.78 is 5.62. The Kier molecular flexibility index (Phi) is 9.40. The number of hydrogen-bond donors (Lipinski definition) is 2. The highest BCUT2D eigenvalue weighted by molar-refractivity contribution is 5.97. The van der Waals surface area contributed by atoms with E-state index in [4.69, 9.17) is 4.74 Å². The normalized spacial score (nSPS) is 13.8. The molecule has 13 nitrogen and oxygen atoms in total. The van der Waals surface area contributed by atoms with Crippen molar-refractivity contribution in [2.75, 3.05) is 32.8 Å². The molecule has 0 saturated carbocycles. The van der Waals surface area contributed by atoms with Gasteiger partial charge in [0.25, 0.3) is 5.91 Å². The van der Waals surface area contributed by atoms with Crippen LogP contribution in [0.4, 0.5) is 4.79 Å². The number of carboxylic acids is 1.